The summed E-state index contributed by atoms with van der Waals surface area (Å²) in [7, 11) is 0. The van der Waals surface area contributed by atoms with Gasteiger partial charge < -0.3 is 10.4 Å². The van der Waals surface area contributed by atoms with E-state index in [1.54, 1.807) is 6.92 Å². The Hall–Kier alpha value is -1.06. The molecule has 0 saturated heterocycles. The van der Waals surface area contributed by atoms with Crippen LogP contribution >= 0.6 is 0 Å². The molecule has 0 aromatic rings. The van der Waals surface area contributed by atoms with Gasteiger partial charge in [-0.3, -0.25) is 9.59 Å². The summed E-state index contributed by atoms with van der Waals surface area (Å²) < 4.78 is 0. The van der Waals surface area contributed by atoms with Crippen molar-refractivity contribution in [2.75, 3.05) is 6.54 Å². The lowest BCUT2D eigenvalue weighted by Crippen LogP contribution is -2.33. The van der Waals surface area contributed by atoms with Gasteiger partial charge in [0.1, 0.15) is 6.54 Å². The van der Waals surface area contributed by atoms with Crippen LogP contribution in [0, 0.1) is 11.8 Å². The maximum absolute atomic E-state index is 11.2. The van der Waals surface area contributed by atoms with E-state index in [0.29, 0.717) is 5.92 Å². The highest BCUT2D eigenvalue weighted by atomic mass is 16.4. The van der Waals surface area contributed by atoms with Gasteiger partial charge in [-0.25, -0.2) is 0 Å². The normalized spacial score (nSPS) is 12.6. The van der Waals surface area contributed by atoms with Gasteiger partial charge in [0.15, 0.2) is 0 Å². The van der Waals surface area contributed by atoms with Crippen LogP contribution in [0.25, 0.3) is 0 Å². The number of carboxylic acid groups (broad SMARTS) is 1. The molecule has 0 bridgehead atoms. The molecule has 0 aliphatic carbocycles. The summed E-state index contributed by atoms with van der Waals surface area (Å²) in [5.41, 5.74) is 0. The number of carbonyl (C=O) groups excluding carboxylic acids is 1. The lowest BCUT2D eigenvalue weighted by atomic mass is 9.98. The Morgan fingerprint density at radius 1 is 1.31 bits per heavy atom. The van der Waals surface area contributed by atoms with Gasteiger partial charge in [-0.2, -0.15) is 0 Å². The Morgan fingerprint density at radius 3 is 2.23 bits per heavy atom. The fourth-order valence-electron chi connectivity index (χ4n) is 1.15. The molecule has 0 heterocycles. The number of nitrogens with one attached hydrogen (secondary N) is 1. The molecule has 0 saturated carbocycles. The van der Waals surface area contributed by atoms with Gasteiger partial charge in [0, 0.05) is 5.92 Å². The first-order chi connectivity index (χ1) is 5.93. The molecular weight excluding hydrogens is 170 g/mol. The summed E-state index contributed by atoms with van der Waals surface area (Å²) in [6.45, 7) is 5.57. The summed E-state index contributed by atoms with van der Waals surface area (Å²) >= 11 is 0. The fourth-order valence-corrected chi connectivity index (χ4v) is 1.15. The van der Waals surface area contributed by atoms with E-state index in [4.69, 9.17) is 5.11 Å². The quantitative estimate of drug-likeness (QED) is 0.671. The van der Waals surface area contributed by atoms with Gasteiger partial charge in [0.05, 0.1) is 0 Å². The van der Waals surface area contributed by atoms with Crippen LogP contribution in [0.15, 0.2) is 0 Å². The molecule has 0 spiro atoms. The molecule has 76 valence electrons. The zero-order valence-corrected chi connectivity index (χ0v) is 8.33. The summed E-state index contributed by atoms with van der Waals surface area (Å²) in [6.07, 6.45) is 0.783. The third kappa shape index (κ3) is 6.13. The van der Waals surface area contributed by atoms with E-state index in [-0.39, 0.29) is 18.4 Å². The van der Waals surface area contributed by atoms with Crippen LogP contribution in [0.4, 0.5) is 0 Å². The highest BCUT2D eigenvalue weighted by Gasteiger charge is 2.14. The van der Waals surface area contributed by atoms with Crippen LogP contribution in [0.5, 0.6) is 0 Å². The molecule has 0 aliphatic heterocycles. The van der Waals surface area contributed by atoms with Crippen LogP contribution in [-0.2, 0) is 9.59 Å². The maximum atomic E-state index is 11.2. The first kappa shape index (κ1) is 11.9. The number of carbonyl (C=O) groups is 2. The Labute approximate surface area is 78.3 Å². The fraction of sp³-hybridized carbons (Fsp3) is 0.778. The van der Waals surface area contributed by atoms with E-state index in [1.807, 2.05) is 13.8 Å². The highest BCUT2D eigenvalue weighted by Crippen LogP contribution is 2.10. The summed E-state index contributed by atoms with van der Waals surface area (Å²) in [5.74, 6) is -0.855. The Bertz CT molecular complexity index is 189. The second-order valence-electron chi connectivity index (χ2n) is 3.64. The van der Waals surface area contributed by atoms with Crippen molar-refractivity contribution in [3.8, 4) is 0 Å². The van der Waals surface area contributed by atoms with E-state index < -0.39 is 5.97 Å². The van der Waals surface area contributed by atoms with E-state index in [9.17, 15) is 9.59 Å². The van der Waals surface area contributed by atoms with Crippen molar-refractivity contribution in [2.24, 2.45) is 11.8 Å². The average Bonchev–Trinajstić information content (AvgIpc) is 1.98. The molecule has 4 heteroatoms. The molecule has 0 aromatic carbocycles. The van der Waals surface area contributed by atoms with Crippen LogP contribution < -0.4 is 5.32 Å². The molecule has 0 radical (unpaired) electrons. The highest BCUT2D eigenvalue weighted by molar-refractivity contribution is 5.82. The smallest absolute Gasteiger partial charge is 0.322 e. The van der Waals surface area contributed by atoms with Crippen molar-refractivity contribution < 1.29 is 14.7 Å². The third-order valence-electron chi connectivity index (χ3n) is 1.69. The minimum Gasteiger partial charge on any atom is -0.480 e. The Kier molecular flexibility index (Phi) is 5.11. The van der Waals surface area contributed by atoms with Gasteiger partial charge in [0.25, 0.3) is 0 Å². The number of aliphatic carboxylic acids is 1. The molecule has 2 N–H and O–H groups in total. The zero-order chi connectivity index (χ0) is 10.4. The van der Waals surface area contributed by atoms with Gasteiger partial charge in [0.2, 0.25) is 5.91 Å². The van der Waals surface area contributed by atoms with E-state index in [1.165, 1.54) is 0 Å². The molecule has 13 heavy (non-hydrogen) atoms. The number of rotatable bonds is 5. The SMILES string of the molecule is CC(C)CC(C)C(=O)NCC(=O)O. The average molecular weight is 187 g/mol. The predicted molar refractivity (Wildman–Crippen MR) is 49.3 cm³/mol. The number of carboxylic acids is 1. The van der Waals surface area contributed by atoms with Crippen LogP contribution in [0.1, 0.15) is 27.2 Å². The van der Waals surface area contributed by atoms with E-state index in [0.717, 1.165) is 6.42 Å². The molecule has 0 fully saturated rings. The summed E-state index contributed by atoms with van der Waals surface area (Å²) in [5, 5.41) is 10.7. The topological polar surface area (TPSA) is 66.4 Å². The van der Waals surface area contributed by atoms with Crippen molar-refractivity contribution in [1.29, 1.82) is 0 Å². The van der Waals surface area contributed by atoms with Crippen molar-refractivity contribution in [1.82, 2.24) is 5.32 Å². The van der Waals surface area contributed by atoms with Gasteiger partial charge in [-0.15, -0.1) is 0 Å². The van der Waals surface area contributed by atoms with Crippen molar-refractivity contribution >= 4 is 11.9 Å². The van der Waals surface area contributed by atoms with Crippen molar-refractivity contribution in [3.63, 3.8) is 0 Å². The zero-order valence-electron chi connectivity index (χ0n) is 8.33. The summed E-state index contributed by atoms with van der Waals surface area (Å²) in [4.78, 5) is 21.3. The molecule has 1 amide bonds. The maximum Gasteiger partial charge on any atom is 0.322 e. The van der Waals surface area contributed by atoms with Gasteiger partial charge in [-0.1, -0.05) is 20.8 Å². The molecule has 1 atom stereocenters. The summed E-state index contributed by atoms with van der Waals surface area (Å²) in [6, 6.07) is 0. The monoisotopic (exact) mass is 187 g/mol. The predicted octanol–water partition coefficient (Wildman–Crippen LogP) is 0.869. The Morgan fingerprint density at radius 2 is 1.85 bits per heavy atom. The van der Waals surface area contributed by atoms with Crippen molar-refractivity contribution in [3.05, 3.63) is 0 Å². The van der Waals surface area contributed by atoms with Crippen molar-refractivity contribution in [2.45, 2.75) is 27.2 Å². The van der Waals surface area contributed by atoms with Gasteiger partial charge >= 0.3 is 5.97 Å². The van der Waals surface area contributed by atoms with Crippen LogP contribution in [0.2, 0.25) is 0 Å². The second-order valence-corrected chi connectivity index (χ2v) is 3.64. The lowest BCUT2D eigenvalue weighted by molar-refractivity contribution is -0.138. The van der Waals surface area contributed by atoms with Crippen LogP contribution in [-0.4, -0.2) is 23.5 Å². The lowest BCUT2D eigenvalue weighted by Gasteiger charge is -2.12. The standard InChI is InChI=1S/C9H17NO3/c1-6(2)4-7(3)9(13)10-5-8(11)12/h6-7H,4-5H2,1-3H3,(H,10,13)(H,11,12). The number of amides is 1. The first-order valence-electron chi connectivity index (χ1n) is 4.43. The number of hydrogen-bond acceptors (Lipinski definition) is 2. The van der Waals surface area contributed by atoms with Gasteiger partial charge in [-0.05, 0) is 12.3 Å². The molecule has 0 aromatic heterocycles. The molecule has 1 unspecified atom stereocenters. The molecule has 0 aliphatic rings. The number of hydrogen-bond donors (Lipinski definition) is 2. The molecule has 4 nitrogen and oxygen atoms in total. The second kappa shape index (κ2) is 5.56. The molecule has 0 rings (SSSR count). The minimum absolute atomic E-state index is 0.112. The van der Waals surface area contributed by atoms with E-state index >= 15 is 0 Å². The third-order valence-corrected chi connectivity index (χ3v) is 1.69. The Balaban J connectivity index is 3.76. The van der Waals surface area contributed by atoms with Crippen LogP contribution in [0.3, 0.4) is 0 Å². The van der Waals surface area contributed by atoms with E-state index in [2.05, 4.69) is 5.32 Å². The minimum atomic E-state index is -1.01. The largest absolute Gasteiger partial charge is 0.480 e. The first-order valence-corrected chi connectivity index (χ1v) is 4.43. The molecular formula is C9H17NO3.